The van der Waals surface area contributed by atoms with Gasteiger partial charge in [-0.25, -0.2) is 4.39 Å². The van der Waals surface area contributed by atoms with Crippen LogP contribution in [0.2, 0.25) is 0 Å². The number of aliphatic hydroxyl groups excluding tert-OH is 1. The zero-order chi connectivity index (χ0) is 22.6. The number of aromatic nitrogens is 1. The molecule has 0 atom stereocenters. The summed E-state index contributed by atoms with van der Waals surface area (Å²) in [6.45, 7) is 1.35. The van der Waals surface area contributed by atoms with Crippen LogP contribution in [0.5, 0.6) is 11.5 Å². The highest BCUT2D eigenvalue weighted by molar-refractivity contribution is 6.03. The largest absolute Gasteiger partial charge is 0.506 e. The van der Waals surface area contributed by atoms with Crippen LogP contribution in [0.3, 0.4) is 0 Å². The van der Waals surface area contributed by atoms with Gasteiger partial charge in [0.05, 0.1) is 24.3 Å². The van der Waals surface area contributed by atoms with E-state index in [0.29, 0.717) is 5.69 Å². The first-order valence-corrected chi connectivity index (χ1v) is 8.37. The zero-order valence-electron chi connectivity index (χ0n) is 16.2. The summed E-state index contributed by atoms with van der Waals surface area (Å²) in [6, 6.07) is 6.02. The number of pyridine rings is 1. The number of aromatic hydroxyl groups is 1. The average molecular weight is 416 g/mol. The van der Waals surface area contributed by atoms with E-state index in [1.165, 1.54) is 19.2 Å². The van der Waals surface area contributed by atoms with E-state index in [1.807, 2.05) is 0 Å². The third-order valence-electron chi connectivity index (χ3n) is 4.10. The molecule has 0 bridgehead atoms. The maximum atomic E-state index is 13.9. The van der Waals surface area contributed by atoms with Gasteiger partial charge in [-0.2, -0.15) is 5.26 Å². The number of hydrogen-bond donors (Lipinski definition) is 2. The number of phenols is 1. The second-order valence-corrected chi connectivity index (χ2v) is 6.18. The van der Waals surface area contributed by atoms with Crippen molar-refractivity contribution < 1.29 is 29.1 Å². The number of nitrogens with zero attached hydrogens (tertiary/aromatic N) is 4. The van der Waals surface area contributed by atoms with Gasteiger partial charge in [-0.15, -0.1) is 0 Å². The summed E-state index contributed by atoms with van der Waals surface area (Å²) in [4.78, 5) is 27.8. The quantitative estimate of drug-likeness (QED) is 0.240. The molecule has 1 heterocycles. The number of nitriles is 1. The summed E-state index contributed by atoms with van der Waals surface area (Å²) < 4.78 is 18.7. The summed E-state index contributed by atoms with van der Waals surface area (Å²) in [5, 5.41) is 40.8. The third kappa shape index (κ3) is 4.44. The predicted octanol–water partition coefficient (Wildman–Crippen LogP) is 2.60. The molecule has 156 valence electrons. The molecule has 1 aromatic carbocycles. The van der Waals surface area contributed by atoms with Gasteiger partial charge in [0.25, 0.3) is 5.91 Å². The van der Waals surface area contributed by atoms with Crippen molar-refractivity contribution in [1.82, 2.24) is 9.88 Å². The Hall–Kier alpha value is -4.20. The smallest absolute Gasteiger partial charge is 0.315 e. The lowest BCUT2D eigenvalue weighted by atomic mass is 10.1. The zero-order valence-corrected chi connectivity index (χ0v) is 16.2. The molecule has 2 rings (SSSR count). The van der Waals surface area contributed by atoms with Gasteiger partial charge >= 0.3 is 5.69 Å². The number of carbonyl (C=O) groups excluding carboxylic acids is 1. The fourth-order valence-electron chi connectivity index (χ4n) is 2.56. The Morgan fingerprint density at radius 2 is 2.10 bits per heavy atom. The van der Waals surface area contributed by atoms with E-state index in [1.54, 1.807) is 13.0 Å². The molecule has 1 aromatic heterocycles. The summed E-state index contributed by atoms with van der Waals surface area (Å²) in [5.41, 5.74) is -1.35. The van der Waals surface area contributed by atoms with Crippen LogP contribution < -0.4 is 4.74 Å². The summed E-state index contributed by atoms with van der Waals surface area (Å²) >= 11 is 0. The van der Waals surface area contributed by atoms with Crippen LogP contribution in [0.25, 0.3) is 5.76 Å². The van der Waals surface area contributed by atoms with Crippen molar-refractivity contribution in [3.05, 3.63) is 62.7 Å². The molecule has 0 saturated carbocycles. The molecule has 30 heavy (non-hydrogen) atoms. The van der Waals surface area contributed by atoms with Crippen LogP contribution in [-0.2, 0) is 11.3 Å². The van der Waals surface area contributed by atoms with Gasteiger partial charge in [-0.1, -0.05) is 0 Å². The Morgan fingerprint density at radius 1 is 1.43 bits per heavy atom. The van der Waals surface area contributed by atoms with Gasteiger partial charge in [0.1, 0.15) is 17.6 Å². The number of methoxy groups -OCH3 is 1. The van der Waals surface area contributed by atoms with Gasteiger partial charge in [-0.05, 0) is 25.1 Å². The van der Waals surface area contributed by atoms with Crippen LogP contribution in [0.15, 0.2) is 29.8 Å². The van der Waals surface area contributed by atoms with Crippen molar-refractivity contribution in [3.63, 3.8) is 0 Å². The maximum absolute atomic E-state index is 13.9. The molecule has 0 fully saturated rings. The van der Waals surface area contributed by atoms with Crippen molar-refractivity contribution in [2.24, 2.45) is 0 Å². The predicted molar refractivity (Wildman–Crippen MR) is 102 cm³/mol. The third-order valence-corrected chi connectivity index (χ3v) is 4.10. The molecule has 10 nitrogen and oxygen atoms in total. The van der Waals surface area contributed by atoms with Crippen LogP contribution in [0.1, 0.15) is 17.0 Å². The first kappa shape index (κ1) is 22.1. The van der Waals surface area contributed by atoms with Crippen molar-refractivity contribution in [3.8, 4) is 17.6 Å². The van der Waals surface area contributed by atoms with Crippen molar-refractivity contribution in [1.29, 1.82) is 5.26 Å². The number of hydrogen-bond acceptors (Lipinski definition) is 8. The van der Waals surface area contributed by atoms with E-state index in [0.717, 1.165) is 24.1 Å². The number of carbonyl (C=O) groups is 1. The minimum Gasteiger partial charge on any atom is -0.506 e. The number of nitro benzene ring substituents is 1. The molecule has 0 spiro atoms. The second kappa shape index (κ2) is 8.87. The molecule has 0 unspecified atom stereocenters. The molecule has 0 aliphatic heterocycles. The van der Waals surface area contributed by atoms with E-state index >= 15 is 0 Å². The first-order valence-electron chi connectivity index (χ1n) is 8.37. The van der Waals surface area contributed by atoms with E-state index in [2.05, 4.69) is 4.98 Å². The van der Waals surface area contributed by atoms with E-state index in [4.69, 9.17) is 4.74 Å². The molecule has 2 N–H and O–H groups in total. The Labute approximate surface area is 170 Å². The summed E-state index contributed by atoms with van der Waals surface area (Å²) in [5.74, 6) is -3.59. The van der Waals surface area contributed by atoms with Gasteiger partial charge in [0.2, 0.25) is 5.75 Å². The van der Waals surface area contributed by atoms with Gasteiger partial charge in [-0.3, -0.25) is 19.9 Å². The van der Waals surface area contributed by atoms with Crippen molar-refractivity contribution in [2.75, 3.05) is 14.2 Å². The van der Waals surface area contributed by atoms with Gasteiger partial charge in [0.15, 0.2) is 11.3 Å². The highest BCUT2D eigenvalue weighted by Gasteiger charge is 2.26. The average Bonchev–Trinajstić information content (AvgIpc) is 2.70. The van der Waals surface area contributed by atoms with Gasteiger partial charge < -0.3 is 19.8 Å². The molecule has 0 radical (unpaired) electrons. The number of ether oxygens (including phenoxy) is 1. The standard InChI is InChI=1S/C19H17FN4O6/c1-10-4-5-13(20)14(22-10)9-23(2)19(27)12(8-21)17(25)11-6-15(24(28)29)18(26)16(7-11)30-3/h4-7,25-26H,9H2,1-3H3/b17-12-. The normalized spacial score (nSPS) is 11.3. The fraction of sp³-hybridized carbons (Fsp3) is 0.211. The van der Waals surface area contributed by atoms with Crippen LogP contribution in [-0.4, -0.2) is 45.1 Å². The van der Waals surface area contributed by atoms with Crippen molar-refractivity contribution >= 4 is 17.4 Å². The fourth-order valence-corrected chi connectivity index (χ4v) is 2.56. The molecule has 0 aliphatic rings. The Bertz CT molecular complexity index is 1090. The van der Waals surface area contributed by atoms with E-state index < -0.39 is 39.4 Å². The number of benzene rings is 1. The number of aliphatic hydroxyl groups is 1. The second-order valence-electron chi connectivity index (χ2n) is 6.18. The SMILES string of the molecule is COc1cc(/C(O)=C(\C#N)C(=O)N(C)Cc2nc(C)ccc2F)cc([N+](=O)[O-])c1O. The van der Waals surface area contributed by atoms with Crippen LogP contribution in [0, 0.1) is 34.2 Å². The number of halogens is 1. The molecule has 11 heteroatoms. The molecular formula is C19H17FN4O6. The van der Waals surface area contributed by atoms with Gasteiger partial charge in [0, 0.05) is 24.4 Å². The first-order chi connectivity index (χ1) is 14.1. The van der Waals surface area contributed by atoms with E-state index in [9.17, 15) is 34.8 Å². The van der Waals surface area contributed by atoms with Crippen LogP contribution >= 0.6 is 0 Å². The lowest BCUT2D eigenvalue weighted by Gasteiger charge is -2.17. The molecule has 2 aromatic rings. The highest BCUT2D eigenvalue weighted by atomic mass is 19.1. The maximum Gasteiger partial charge on any atom is 0.315 e. The molecule has 0 aliphatic carbocycles. The Morgan fingerprint density at radius 3 is 2.67 bits per heavy atom. The Balaban J connectivity index is 2.47. The number of phenolic OH excluding ortho intramolecular Hbond substituents is 1. The number of rotatable bonds is 6. The number of nitro groups is 1. The topological polar surface area (TPSA) is 150 Å². The molecule has 0 saturated heterocycles. The molecule has 1 amide bonds. The lowest BCUT2D eigenvalue weighted by Crippen LogP contribution is -2.29. The van der Waals surface area contributed by atoms with Crippen molar-refractivity contribution in [2.45, 2.75) is 13.5 Å². The minimum atomic E-state index is -0.965. The lowest BCUT2D eigenvalue weighted by molar-refractivity contribution is -0.386. The minimum absolute atomic E-state index is 0.0374. The molecular weight excluding hydrogens is 399 g/mol. The van der Waals surface area contributed by atoms with Crippen LogP contribution in [0.4, 0.5) is 10.1 Å². The number of aryl methyl sites for hydroxylation is 1. The summed E-state index contributed by atoms with van der Waals surface area (Å²) in [6.07, 6.45) is 0. The number of amides is 1. The number of likely N-dealkylation sites (N-methyl/N-ethyl adjacent to an activating group) is 1. The monoisotopic (exact) mass is 416 g/mol. The Kier molecular flexibility index (Phi) is 6.53. The summed E-state index contributed by atoms with van der Waals surface area (Å²) in [7, 11) is 2.41. The highest BCUT2D eigenvalue weighted by Crippen LogP contribution is 2.38. The van der Waals surface area contributed by atoms with E-state index in [-0.39, 0.29) is 23.6 Å².